The Bertz CT molecular complexity index is 305. The lowest BCUT2D eigenvalue weighted by Gasteiger charge is -2.03. The Morgan fingerprint density at radius 2 is 2.00 bits per heavy atom. The van der Waals surface area contributed by atoms with E-state index in [9.17, 15) is 0 Å². The maximum Gasteiger partial charge on any atom is 0.0491 e. The zero-order chi connectivity index (χ0) is 9.14. The van der Waals surface area contributed by atoms with E-state index < -0.39 is 0 Å². The average Bonchev–Trinajstić information content (AvgIpc) is 2.08. The van der Waals surface area contributed by atoms with Gasteiger partial charge in [-0.25, -0.2) is 0 Å². The molecule has 0 saturated carbocycles. The van der Waals surface area contributed by atoms with Crippen molar-refractivity contribution in [3.8, 4) is 0 Å². The van der Waals surface area contributed by atoms with Gasteiger partial charge in [0.2, 0.25) is 0 Å². The van der Waals surface area contributed by atoms with Gasteiger partial charge < -0.3 is 5.41 Å². The van der Waals surface area contributed by atoms with E-state index >= 15 is 0 Å². The van der Waals surface area contributed by atoms with E-state index in [-0.39, 0.29) is 0 Å². The first kappa shape index (κ1) is 9.46. The van der Waals surface area contributed by atoms with Crippen LogP contribution in [0.3, 0.4) is 0 Å². The summed E-state index contributed by atoms with van der Waals surface area (Å²) in [6, 6.07) is 6.10. The SMILES string of the molecule is Cc1ccc(C(=N)CBr)cc1C. The lowest BCUT2D eigenvalue weighted by Crippen LogP contribution is -2.00. The first-order valence-electron chi connectivity index (χ1n) is 3.86. The third-order valence-corrected chi connectivity index (χ3v) is 2.55. The first-order valence-corrected chi connectivity index (χ1v) is 4.98. The highest BCUT2D eigenvalue weighted by molar-refractivity contribution is 9.09. The van der Waals surface area contributed by atoms with Crippen LogP contribution in [-0.2, 0) is 0 Å². The second-order valence-corrected chi connectivity index (χ2v) is 3.47. The van der Waals surface area contributed by atoms with Crippen LogP contribution in [0.2, 0.25) is 0 Å². The average molecular weight is 226 g/mol. The van der Waals surface area contributed by atoms with Crippen LogP contribution in [0.1, 0.15) is 16.7 Å². The molecule has 0 bridgehead atoms. The zero-order valence-electron chi connectivity index (χ0n) is 7.32. The molecular formula is C10H12BrN. The predicted octanol–water partition coefficient (Wildman–Crippen LogP) is 3.07. The molecule has 0 saturated heterocycles. The number of benzene rings is 1. The molecule has 2 heteroatoms. The topological polar surface area (TPSA) is 23.9 Å². The molecular weight excluding hydrogens is 214 g/mol. The number of nitrogens with one attached hydrogen (secondary N) is 1. The highest BCUT2D eigenvalue weighted by Crippen LogP contribution is 2.10. The summed E-state index contributed by atoms with van der Waals surface area (Å²) in [4.78, 5) is 0. The minimum atomic E-state index is 0.621. The van der Waals surface area contributed by atoms with Gasteiger partial charge in [-0.3, -0.25) is 0 Å². The monoisotopic (exact) mass is 225 g/mol. The molecule has 1 N–H and O–H groups in total. The largest absolute Gasteiger partial charge is 0.304 e. The fraction of sp³-hybridized carbons (Fsp3) is 0.300. The van der Waals surface area contributed by atoms with Crippen molar-refractivity contribution in [2.24, 2.45) is 0 Å². The summed E-state index contributed by atoms with van der Waals surface area (Å²) in [5.74, 6) is 0. The molecule has 64 valence electrons. The van der Waals surface area contributed by atoms with Crippen molar-refractivity contribution in [1.82, 2.24) is 0 Å². The Kier molecular flexibility index (Phi) is 3.04. The van der Waals surface area contributed by atoms with E-state index in [0.717, 1.165) is 5.56 Å². The van der Waals surface area contributed by atoms with Crippen molar-refractivity contribution in [3.05, 3.63) is 34.9 Å². The number of hydrogen-bond donors (Lipinski definition) is 1. The van der Waals surface area contributed by atoms with Crippen LogP contribution < -0.4 is 0 Å². The molecule has 1 aromatic rings. The van der Waals surface area contributed by atoms with Gasteiger partial charge in [0.15, 0.2) is 0 Å². The van der Waals surface area contributed by atoms with Crippen LogP contribution in [0.5, 0.6) is 0 Å². The maximum absolute atomic E-state index is 7.60. The first-order chi connectivity index (χ1) is 5.65. The lowest BCUT2D eigenvalue weighted by molar-refractivity contribution is 1.32. The van der Waals surface area contributed by atoms with Gasteiger partial charge in [-0.1, -0.05) is 28.1 Å². The smallest absolute Gasteiger partial charge is 0.0491 e. The van der Waals surface area contributed by atoms with Gasteiger partial charge in [-0.05, 0) is 36.6 Å². The van der Waals surface area contributed by atoms with E-state index in [2.05, 4.69) is 41.9 Å². The number of rotatable bonds is 2. The van der Waals surface area contributed by atoms with Crippen LogP contribution in [0.25, 0.3) is 0 Å². The molecule has 0 fully saturated rings. The van der Waals surface area contributed by atoms with Crippen LogP contribution in [0.15, 0.2) is 18.2 Å². The van der Waals surface area contributed by atoms with Crippen LogP contribution in [-0.4, -0.2) is 11.0 Å². The van der Waals surface area contributed by atoms with E-state index in [1.54, 1.807) is 0 Å². The standard InChI is InChI=1S/C10H12BrN/c1-7-3-4-9(5-8(7)2)10(12)6-11/h3-5,12H,6H2,1-2H3. The highest BCUT2D eigenvalue weighted by atomic mass is 79.9. The fourth-order valence-corrected chi connectivity index (χ4v) is 1.33. The van der Waals surface area contributed by atoms with Gasteiger partial charge in [0, 0.05) is 11.0 Å². The predicted molar refractivity (Wildman–Crippen MR) is 56.5 cm³/mol. The Morgan fingerprint density at radius 1 is 1.33 bits per heavy atom. The molecule has 12 heavy (non-hydrogen) atoms. The van der Waals surface area contributed by atoms with Crippen LogP contribution >= 0.6 is 15.9 Å². The second-order valence-electron chi connectivity index (χ2n) is 2.91. The van der Waals surface area contributed by atoms with Crippen molar-refractivity contribution in [2.45, 2.75) is 13.8 Å². The van der Waals surface area contributed by atoms with E-state index in [1.165, 1.54) is 11.1 Å². The molecule has 0 unspecified atom stereocenters. The fourth-order valence-electron chi connectivity index (χ4n) is 1.01. The zero-order valence-corrected chi connectivity index (χ0v) is 8.90. The van der Waals surface area contributed by atoms with Gasteiger partial charge in [0.25, 0.3) is 0 Å². The minimum absolute atomic E-state index is 0.621. The van der Waals surface area contributed by atoms with Crippen LogP contribution in [0.4, 0.5) is 0 Å². The number of aryl methyl sites for hydroxylation is 2. The molecule has 0 aromatic heterocycles. The summed E-state index contributed by atoms with van der Waals surface area (Å²) < 4.78 is 0. The maximum atomic E-state index is 7.60. The summed E-state index contributed by atoms with van der Waals surface area (Å²) in [5.41, 5.74) is 4.17. The second kappa shape index (κ2) is 3.85. The Morgan fingerprint density at radius 3 is 2.50 bits per heavy atom. The summed E-state index contributed by atoms with van der Waals surface area (Å²) >= 11 is 3.27. The molecule has 0 heterocycles. The lowest BCUT2D eigenvalue weighted by atomic mass is 10.0. The number of hydrogen-bond acceptors (Lipinski definition) is 1. The van der Waals surface area contributed by atoms with Crippen LogP contribution in [0, 0.1) is 19.3 Å². The summed E-state index contributed by atoms with van der Waals surface area (Å²) in [6.07, 6.45) is 0. The molecule has 0 atom stereocenters. The minimum Gasteiger partial charge on any atom is -0.304 e. The Labute approximate surface area is 81.4 Å². The molecule has 1 aromatic carbocycles. The van der Waals surface area contributed by atoms with Gasteiger partial charge >= 0.3 is 0 Å². The van der Waals surface area contributed by atoms with Crippen molar-refractivity contribution < 1.29 is 0 Å². The molecule has 0 aliphatic carbocycles. The van der Waals surface area contributed by atoms with Crippen molar-refractivity contribution in [3.63, 3.8) is 0 Å². The van der Waals surface area contributed by atoms with Crippen molar-refractivity contribution in [1.29, 1.82) is 5.41 Å². The number of halogens is 1. The molecule has 0 aliphatic rings. The molecule has 1 nitrogen and oxygen atoms in total. The number of alkyl halides is 1. The van der Waals surface area contributed by atoms with Gasteiger partial charge in [-0.2, -0.15) is 0 Å². The normalized spacial score (nSPS) is 9.92. The molecule has 0 spiro atoms. The van der Waals surface area contributed by atoms with E-state index in [4.69, 9.17) is 5.41 Å². The molecule has 0 aliphatic heterocycles. The summed E-state index contributed by atoms with van der Waals surface area (Å²) in [5, 5.41) is 8.22. The molecule has 0 amide bonds. The Hall–Kier alpha value is -0.630. The van der Waals surface area contributed by atoms with Gasteiger partial charge in [-0.15, -0.1) is 0 Å². The van der Waals surface area contributed by atoms with E-state index in [0.29, 0.717) is 11.0 Å². The third-order valence-electron chi connectivity index (χ3n) is 1.99. The van der Waals surface area contributed by atoms with Gasteiger partial charge in [0.05, 0.1) is 0 Å². The summed E-state index contributed by atoms with van der Waals surface area (Å²) in [6.45, 7) is 4.15. The van der Waals surface area contributed by atoms with Crippen molar-refractivity contribution in [2.75, 3.05) is 5.33 Å². The van der Waals surface area contributed by atoms with E-state index in [1.807, 2.05) is 6.07 Å². The third kappa shape index (κ3) is 1.95. The quantitative estimate of drug-likeness (QED) is 0.592. The molecule has 1 rings (SSSR count). The van der Waals surface area contributed by atoms with Crippen molar-refractivity contribution >= 4 is 21.6 Å². The molecule has 0 radical (unpaired) electrons. The summed E-state index contributed by atoms with van der Waals surface area (Å²) in [7, 11) is 0. The van der Waals surface area contributed by atoms with Gasteiger partial charge in [0.1, 0.15) is 0 Å². The highest BCUT2D eigenvalue weighted by Gasteiger charge is 2.00. The Balaban J connectivity index is 3.05.